The fourth-order valence-electron chi connectivity index (χ4n) is 4.90. The van der Waals surface area contributed by atoms with E-state index >= 15 is 0 Å². The first-order chi connectivity index (χ1) is 20.5. The van der Waals surface area contributed by atoms with Gasteiger partial charge in [-0.2, -0.15) is 4.73 Å². The summed E-state index contributed by atoms with van der Waals surface area (Å²) < 4.78 is 3.68. The van der Waals surface area contributed by atoms with Crippen molar-refractivity contribution in [3.8, 4) is 22.5 Å². The lowest BCUT2D eigenvalue weighted by molar-refractivity contribution is 0.0714. The summed E-state index contributed by atoms with van der Waals surface area (Å²) in [4.78, 5) is 15.3. The van der Waals surface area contributed by atoms with Crippen LogP contribution in [0.2, 0.25) is 10.3 Å². The highest BCUT2D eigenvalue weighted by atomic mass is 35.5. The zero-order valence-corrected chi connectivity index (χ0v) is 25.2. The van der Waals surface area contributed by atoms with Crippen LogP contribution in [0.1, 0.15) is 68.1 Å². The van der Waals surface area contributed by atoms with Crippen molar-refractivity contribution in [3.63, 3.8) is 0 Å². The van der Waals surface area contributed by atoms with E-state index in [1.165, 1.54) is 0 Å². The zero-order valence-electron chi connectivity index (χ0n) is 23.7. The minimum absolute atomic E-state index is 0.146. The van der Waals surface area contributed by atoms with E-state index < -0.39 is 0 Å². The number of aliphatic hydroxyl groups is 1. The molecule has 10 nitrogen and oxygen atoms in total. The van der Waals surface area contributed by atoms with Gasteiger partial charge in [-0.15, -0.1) is 5.10 Å². The van der Waals surface area contributed by atoms with E-state index in [-0.39, 0.29) is 18.4 Å². The number of tetrazole rings is 1. The Balaban J connectivity index is 1.42. The van der Waals surface area contributed by atoms with Gasteiger partial charge in [0.25, 0.3) is 0 Å². The van der Waals surface area contributed by atoms with E-state index in [2.05, 4.69) is 74.4 Å². The molecule has 5 aromatic rings. The Kier molecular flexibility index (Phi) is 9.89. The summed E-state index contributed by atoms with van der Waals surface area (Å²) in [5.41, 5.74) is 5.29. The lowest BCUT2D eigenvalue weighted by Crippen LogP contribution is -2.20. The Bertz CT molecular complexity index is 1600. The zero-order chi connectivity index (χ0) is 29.5. The van der Waals surface area contributed by atoms with Crippen molar-refractivity contribution in [1.82, 2.24) is 39.9 Å². The lowest BCUT2D eigenvalue weighted by atomic mass is 9.98. The number of hydrogen-bond acceptors (Lipinski definition) is 7. The minimum Gasteiger partial charge on any atom is -0.406 e. The number of unbranched alkanes of at least 4 members (excludes halogenated alkanes) is 2. The summed E-state index contributed by atoms with van der Waals surface area (Å²) >= 11 is 13.0. The highest BCUT2D eigenvalue weighted by Crippen LogP contribution is 2.30. The van der Waals surface area contributed by atoms with Crippen molar-refractivity contribution in [2.24, 2.45) is 0 Å². The van der Waals surface area contributed by atoms with Gasteiger partial charge in [0.1, 0.15) is 17.3 Å². The molecule has 0 unspecified atom stereocenters. The number of aromatic nitrogens is 8. The number of halogens is 2. The number of benzene rings is 2. The Morgan fingerprint density at radius 1 is 0.857 bits per heavy atom. The van der Waals surface area contributed by atoms with E-state index in [1.807, 2.05) is 18.2 Å². The molecule has 0 atom stereocenters. The quantitative estimate of drug-likeness (QED) is 0.156. The van der Waals surface area contributed by atoms with Gasteiger partial charge < -0.3 is 14.5 Å². The number of aryl methyl sites for hydroxylation is 2. The normalized spacial score (nSPS) is 11.4. The second-order valence-electron chi connectivity index (χ2n) is 10.0. The minimum atomic E-state index is -0.283. The van der Waals surface area contributed by atoms with Gasteiger partial charge in [-0.1, -0.05) is 98.4 Å². The summed E-state index contributed by atoms with van der Waals surface area (Å²) in [5.74, 6) is 2.20. The number of H-pyrrole nitrogens is 1. The molecule has 3 heterocycles. The second kappa shape index (κ2) is 14.0. The maximum absolute atomic E-state index is 9.94. The number of imidazole rings is 2. The Labute approximate surface area is 254 Å². The molecule has 0 fully saturated rings. The number of hydrogen-bond donors (Lipinski definition) is 2. The van der Waals surface area contributed by atoms with E-state index in [1.54, 1.807) is 4.73 Å². The monoisotopic (exact) mass is 608 g/mol. The van der Waals surface area contributed by atoms with Crippen LogP contribution in [0.4, 0.5) is 0 Å². The Hall–Kier alpha value is -3.73. The third kappa shape index (κ3) is 6.51. The third-order valence-corrected chi connectivity index (χ3v) is 7.77. The molecule has 0 aliphatic rings. The predicted octanol–water partition coefficient (Wildman–Crippen LogP) is 6.09. The summed E-state index contributed by atoms with van der Waals surface area (Å²) in [6.07, 6.45) is 5.45. The van der Waals surface area contributed by atoms with Crippen LogP contribution in [-0.4, -0.2) is 45.0 Å². The van der Waals surface area contributed by atoms with Gasteiger partial charge in [-0.25, -0.2) is 15.1 Å². The van der Waals surface area contributed by atoms with Crippen LogP contribution < -0.4 is 4.84 Å². The first-order valence-electron chi connectivity index (χ1n) is 14.2. The molecule has 0 radical (unpaired) electrons. The molecule has 2 N–H and O–H groups in total. The van der Waals surface area contributed by atoms with Gasteiger partial charge in [0, 0.05) is 24.9 Å². The number of nitrogens with zero attached hydrogens (tertiary/aromatic N) is 7. The van der Waals surface area contributed by atoms with Gasteiger partial charge in [-0.3, -0.25) is 0 Å². The van der Waals surface area contributed by atoms with Crippen LogP contribution >= 0.6 is 23.2 Å². The fraction of sp³-hybridized carbons (Fsp3) is 0.367. The molecule has 0 saturated heterocycles. The van der Waals surface area contributed by atoms with Gasteiger partial charge in [-0.05, 0) is 40.0 Å². The van der Waals surface area contributed by atoms with Crippen LogP contribution in [0.3, 0.4) is 0 Å². The number of aromatic amines is 1. The summed E-state index contributed by atoms with van der Waals surface area (Å²) in [6.45, 7) is 4.70. The largest absolute Gasteiger partial charge is 0.406 e. The second-order valence-corrected chi connectivity index (χ2v) is 10.8. The van der Waals surface area contributed by atoms with Crippen molar-refractivity contribution in [2.75, 3.05) is 0 Å². The van der Waals surface area contributed by atoms with Crippen molar-refractivity contribution in [3.05, 3.63) is 87.4 Å². The summed E-state index contributed by atoms with van der Waals surface area (Å²) in [6, 6.07) is 16.4. The van der Waals surface area contributed by atoms with Crippen LogP contribution in [0, 0.1) is 0 Å². The molecule has 2 aromatic carbocycles. The molecule has 0 saturated carbocycles. The van der Waals surface area contributed by atoms with E-state index in [9.17, 15) is 5.11 Å². The average Bonchev–Trinajstić information content (AvgIpc) is 3.72. The van der Waals surface area contributed by atoms with Crippen molar-refractivity contribution in [2.45, 2.75) is 72.1 Å². The van der Waals surface area contributed by atoms with E-state index in [0.29, 0.717) is 35.5 Å². The Morgan fingerprint density at radius 2 is 1.52 bits per heavy atom. The SMILES string of the molecule is CCCCc1nc(Cl)c(COn2c(CCCC)nc(Cl)c2CO)n1Cc1ccc(-c2ccccc2-c2nnn[nH]2)cc1. The van der Waals surface area contributed by atoms with Crippen LogP contribution in [0.5, 0.6) is 0 Å². The van der Waals surface area contributed by atoms with Crippen molar-refractivity contribution >= 4 is 23.2 Å². The first kappa shape index (κ1) is 29.8. The fourth-order valence-corrected chi connectivity index (χ4v) is 5.39. The topological polar surface area (TPSA) is 120 Å². The molecular formula is C30H34Cl2N8O2. The third-order valence-electron chi connectivity index (χ3n) is 7.17. The number of aliphatic hydroxyl groups excluding tert-OH is 1. The van der Waals surface area contributed by atoms with Gasteiger partial charge >= 0.3 is 0 Å². The molecule has 12 heteroatoms. The van der Waals surface area contributed by atoms with Gasteiger partial charge in [0.2, 0.25) is 0 Å². The standard InChI is InChI=1S/C30H34Cl2N8O2/c1-3-5-11-26-33-29(32)25(19-42-40-24(18-41)28(31)34-27(40)12-6-4-2)39(26)17-20-13-15-21(16-14-20)22-9-7-8-10-23(22)30-35-37-38-36-30/h7-10,13-16,41H,3-6,11-12,17-19H2,1-2H3,(H,35,36,37,38). The molecule has 3 aromatic heterocycles. The van der Waals surface area contributed by atoms with Gasteiger partial charge in [0.05, 0.1) is 12.3 Å². The number of nitrogens with one attached hydrogen (secondary N) is 1. The summed E-state index contributed by atoms with van der Waals surface area (Å²) in [7, 11) is 0. The lowest BCUT2D eigenvalue weighted by Gasteiger charge is -2.16. The molecule has 0 aliphatic heterocycles. The van der Waals surface area contributed by atoms with Crippen LogP contribution in [-0.2, 0) is 32.6 Å². The molecular weight excluding hydrogens is 575 g/mol. The maximum Gasteiger partial charge on any atom is 0.180 e. The van der Waals surface area contributed by atoms with Crippen molar-refractivity contribution in [1.29, 1.82) is 0 Å². The molecule has 0 bridgehead atoms. The van der Waals surface area contributed by atoms with Crippen LogP contribution in [0.15, 0.2) is 48.5 Å². The molecule has 220 valence electrons. The molecule has 0 aliphatic carbocycles. The average molecular weight is 610 g/mol. The smallest absolute Gasteiger partial charge is 0.180 e. The summed E-state index contributed by atoms with van der Waals surface area (Å²) in [5, 5.41) is 25.0. The predicted molar refractivity (Wildman–Crippen MR) is 162 cm³/mol. The highest BCUT2D eigenvalue weighted by molar-refractivity contribution is 6.30. The first-order valence-corrected chi connectivity index (χ1v) is 15.0. The van der Waals surface area contributed by atoms with E-state index in [4.69, 9.17) is 33.0 Å². The van der Waals surface area contributed by atoms with E-state index in [0.717, 1.165) is 65.9 Å². The van der Waals surface area contributed by atoms with Gasteiger partial charge in [0.15, 0.2) is 22.7 Å². The molecule has 5 rings (SSSR count). The molecule has 0 spiro atoms. The number of rotatable bonds is 14. The Morgan fingerprint density at radius 3 is 2.19 bits per heavy atom. The maximum atomic E-state index is 9.94. The van der Waals surface area contributed by atoms with Crippen molar-refractivity contribution < 1.29 is 9.94 Å². The molecule has 42 heavy (non-hydrogen) atoms. The van der Waals surface area contributed by atoms with Crippen LogP contribution in [0.25, 0.3) is 22.5 Å². The molecule has 0 amide bonds. The highest BCUT2D eigenvalue weighted by Gasteiger charge is 2.21.